The van der Waals surface area contributed by atoms with E-state index in [0.29, 0.717) is 25.2 Å². The number of carbonyl (C=O) groups excluding carboxylic acids is 1. The highest BCUT2D eigenvalue weighted by molar-refractivity contribution is 5.94. The Bertz CT molecular complexity index is 1060. The molecule has 1 aromatic heterocycles. The molecule has 0 aliphatic carbocycles. The van der Waals surface area contributed by atoms with Gasteiger partial charge >= 0.3 is 0 Å². The minimum Gasteiger partial charge on any atom is -0.337 e. The summed E-state index contributed by atoms with van der Waals surface area (Å²) in [6.45, 7) is 6.13. The molecule has 5 heteroatoms. The van der Waals surface area contributed by atoms with Gasteiger partial charge in [0.2, 0.25) is 0 Å². The predicted molar refractivity (Wildman–Crippen MR) is 136 cm³/mol. The van der Waals surface area contributed by atoms with Crippen molar-refractivity contribution in [3.05, 3.63) is 76.2 Å². The van der Waals surface area contributed by atoms with Crippen molar-refractivity contribution in [2.24, 2.45) is 0 Å². The maximum Gasteiger partial charge on any atom is 0.283 e. The average Bonchev–Trinajstić information content (AvgIpc) is 2.85. The van der Waals surface area contributed by atoms with E-state index in [1.165, 1.54) is 0 Å². The van der Waals surface area contributed by atoms with Gasteiger partial charge in [0.25, 0.3) is 11.5 Å². The first-order chi connectivity index (χ1) is 16.2. The number of unbranched alkanes of at least 4 members (excludes halogenated alkanes) is 6. The molecule has 0 N–H and O–H groups in total. The van der Waals surface area contributed by atoms with Crippen LogP contribution < -0.4 is 5.56 Å². The van der Waals surface area contributed by atoms with Crippen LogP contribution in [0.15, 0.2) is 59.4 Å². The zero-order chi connectivity index (χ0) is 23.5. The summed E-state index contributed by atoms with van der Waals surface area (Å²) < 4.78 is 1.69. The first-order valence-corrected chi connectivity index (χ1v) is 12.5. The zero-order valence-electron chi connectivity index (χ0n) is 20.1. The third-order valence-electron chi connectivity index (χ3n) is 6.09. The van der Waals surface area contributed by atoms with Crippen molar-refractivity contribution >= 4 is 16.9 Å². The molecule has 0 bridgehead atoms. The fraction of sp³-hybridized carbons (Fsp3) is 0.464. The Morgan fingerprint density at radius 1 is 0.818 bits per heavy atom. The van der Waals surface area contributed by atoms with Crippen LogP contribution in [0.2, 0.25) is 0 Å². The van der Waals surface area contributed by atoms with Crippen molar-refractivity contribution in [1.82, 2.24) is 14.5 Å². The largest absolute Gasteiger partial charge is 0.337 e. The van der Waals surface area contributed by atoms with E-state index < -0.39 is 0 Å². The fourth-order valence-electron chi connectivity index (χ4n) is 4.18. The Balaban J connectivity index is 1.93. The van der Waals surface area contributed by atoms with Crippen molar-refractivity contribution < 1.29 is 4.79 Å². The molecule has 176 valence electrons. The van der Waals surface area contributed by atoms with Crippen LogP contribution in [0.4, 0.5) is 0 Å². The number of rotatable bonds is 13. The lowest BCUT2D eigenvalue weighted by atomic mass is 10.1. The van der Waals surface area contributed by atoms with Crippen molar-refractivity contribution in [2.75, 3.05) is 13.1 Å². The van der Waals surface area contributed by atoms with Crippen molar-refractivity contribution in [3.63, 3.8) is 0 Å². The Labute approximate surface area is 197 Å². The third-order valence-corrected chi connectivity index (χ3v) is 6.09. The smallest absolute Gasteiger partial charge is 0.283 e. The normalized spacial score (nSPS) is 11.1. The van der Waals surface area contributed by atoms with Crippen LogP contribution in [-0.4, -0.2) is 33.4 Å². The lowest BCUT2D eigenvalue weighted by molar-refractivity contribution is 0.0741. The molecule has 5 nitrogen and oxygen atoms in total. The second-order valence-corrected chi connectivity index (χ2v) is 8.74. The fourth-order valence-corrected chi connectivity index (χ4v) is 4.18. The van der Waals surface area contributed by atoms with E-state index in [2.05, 4.69) is 18.8 Å². The van der Waals surface area contributed by atoms with Gasteiger partial charge in [0.15, 0.2) is 5.69 Å². The molecule has 3 rings (SSSR count). The van der Waals surface area contributed by atoms with Gasteiger partial charge in [0.1, 0.15) is 0 Å². The van der Waals surface area contributed by atoms with Crippen LogP contribution in [0.25, 0.3) is 11.0 Å². The highest BCUT2D eigenvalue weighted by Gasteiger charge is 2.23. The number of amides is 1. The van der Waals surface area contributed by atoms with Crippen LogP contribution in [-0.2, 0) is 6.54 Å². The minimum atomic E-state index is -0.310. The molecule has 0 unspecified atom stereocenters. The first-order valence-electron chi connectivity index (χ1n) is 12.5. The molecule has 1 amide bonds. The van der Waals surface area contributed by atoms with Crippen molar-refractivity contribution in [3.8, 4) is 0 Å². The van der Waals surface area contributed by atoms with E-state index in [1.807, 2.05) is 59.5 Å². The summed E-state index contributed by atoms with van der Waals surface area (Å²) in [5.74, 6) is -0.236. The molecule has 33 heavy (non-hydrogen) atoms. The van der Waals surface area contributed by atoms with Crippen LogP contribution in [0, 0.1) is 0 Å². The molecule has 0 spiro atoms. The monoisotopic (exact) mass is 447 g/mol. The highest BCUT2D eigenvalue weighted by Crippen LogP contribution is 2.14. The molecule has 0 atom stereocenters. The molecule has 1 heterocycles. The highest BCUT2D eigenvalue weighted by atomic mass is 16.2. The van der Waals surface area contributed by atoms with Gasteiger partial charge in [-0.15, -0.1) is 0 Å². The minimum absolute atomic E-state index is 0.0376. The maximum atomic E-state index is 13.6. The zero-order valence-corrected chi connectivity index (χ0v) is 20.1. The second-order valence-electron chi connectivity index (χ2n) is 8.74. The van der Waals surface area contributed by atoms with Crippen molar-refractivity contribution in [2.45, 2.75) is 71.8 Å². The summed E-state index contributed by atoms with van der Waals surface area (Å²) in [5.41, 5.74) is 2.17. The summed E-state index contributed by atoms with van der Waals surface area (Å²) in [6, 6.07) is 17.4. The molecule has 0 saturated heterocycles. The van der Waals surface area contributed by atoms with Gasteiger partial charge < -0.3 is 9.47 Å². The van der Waals surface area contributed by atoms with Crippen LogP contribution in [0.3, 0.4) is 0 Å². The Kier molecular flexibility index (Phi) is 9.67. The van der Waals surface area contributed by atoms with E-state index >= 15 is 0 Å². The average molecular weight is 448 g/mol. The quantitative estimate of drug-likeness (QED) is 0.300. The molecule has 0 saturated carbocycles. The molecule has 2 aromatic carbocycles. The van der Waals surface area contributed by atoms with E-state index in [4.69, 9.17) is 0 Å². The molecule has 0 aliphatic heterocycles. The summed E-state index contributed by atoms with van der Waals surface area (Å²) in [7, 11) is 0. The molecule has 3 aromatic rings. The number of hydrogen-bond acceptors (Lipinski definition) is 3. The number of aromatic nitrogens is 2. The van der Waals surface area contributed by atoms with Crippen molar-refractivity contribution in [1.29, 1.82) is 0 Å². The number of para-hydroxylation sites is 2. The Hall–Kier alpha value is -2.95. The topological polar surface area (TPSA) is 55.2 Å². The van der Waals surface area contributed by atoms with Gasteiger partial charge in [-0.25, -0.2) is 4.98 Å². The Morgan fingerprint density at radius 3 is 2.06 bits per heavy atom. The number of fused-ring (bicyclic) bond motifs is 1. The molecule has 0 aliphatic rings. The summed E-state index contributed by atoms with van der Waals surface area (Å²) in [4.78, 5) is 33.6. The van der Waals surface area contributed by atoms with Crippen LogP contribution in [0.1, 0.15) is 81.3 Å². The summed E-state index contributed by atoms with van der Waals surface area (Å²) in [5, 5.41) is 0. The van der Waals surface area contributed by atoms with Crippen LogP contribution >= 0.6 is 0 Å². The van der Waals surface area contributed by atoms with Gasteiger partial charge in [-0.05, 0) is 30.5 Å². The first kappa shape index (κ1) is 24.7. The number of nitrogens with zero attached hydrogens (tertiary/aromatic N) is 3. The number of hydrogen-bond donors (Lipinski definition) is 0. The van der Waals surface area contributed by atoms with Gasteiger partial charge in [-0.3, -0.25) is 9.59 Å². The molecular weight excluding hydrogens is 410 g/mol. The molecule has 0 radical (unpaired) electrons. The SMILES string of the molecule is CCCCCCN(CCCCCC)C(=O)c1nc2ccccc2n(Cc2ccccc2)c1=O. The third kappa shape index (κ3) is 6.77. The summed E-state index contributed by atoms with van der Waals surface area (Å²) in [6.07, 6.45) is 8.74. The summed E-state index contributed by atoms with van der Waals surface area (Å²) >= 11 is 0. The van der Waals surface area contributed by atoms with E-state index in [-0.39, 0.29) is 17.2 Å². The number of benzene rings is 2. The van der Waals surface area contributed by atoms with E-state index in [1.54, 1.807) is 4.57 Å². The van der Waals surface area contributed by atoms with E-state index in [0.717, 1.165) is 62.4 Å². The van der Waals surface area contributed by atoms with Crippen LogP contribution in [0.5, 0.6) is 0 Å². The molecular formula is C28H37N3O2. The van der Waals surface area contributed by atoms with Gasteiger partial charge in [0, 0.05) is 13.1 Å². The lowest BCUT2D eigenvalue weighted by Crippen LogP contribution is -2.39. The lowest BCUT2D eigenvalue weighted by Gasteiger charge is -2.23. The predicted octanol–water partition coefficient (Wildman–Crippen LogP) is 6.05. The molecule has 0 fully saturated rings. The standard InChI is InChI=1S/C28H37N3O2/c1-3-5-7-14-20-30(21-15-8-6-4-2)27(32)26-28(33)31(22-23-16-10-9-11-17-23)25-19-13-12-18-24(25)29-26/h9-13,16-19H,3-8,14-15,20-22H2,1-2H3. The second kappa shape index (κ2) is 12.9. The number of carbonyl (C=O) groups is 1. The van der Waals surface area contributed by atoms with Gasteiger partial charge in [-0.2, -0.15) is 0 Å². The maximum absolute atomic E-state index is 13.6. The Morgan fingerprint density at radius 2 is 1.42 bits per heavy atom. The van der Waals surface area contributed by atoms with E-state index in [9.17, 15) is 9.59 Å². The van der Waals surface area contributed by atoms with Gasteiger partial charge in [-0.1, -0.05) is 94.8 Å². The van der Waals surface area contributed by atoms with Gasteiger partial charge in [0.05, 0.1) is 17.6 Å².